The van der Waals surface area contributed by atoms with Crippen LogP contribution in [0.3, 0.4) is 0 Å². The van der Waals surface area contributed by atoms with Crippen LogP contribution in [0.25, 0.3) is 22.0 Å². The molecule has 4 aromatic rings. The molecule has 0 saturated carbocycles. The smallest absolute Gasteiger partial charge is 0.257 e. The van der Waals surface area contributed by atoms with Crippen LogP contribution in [-0.4, -0.2) is 68.8 Å². The van der Waals surface area contributed by atoms with Crippen LogP contribution >= 0.6 is 0 Å². The van der Waals surface area contributed by atoms with Gasteiger partial charge in [-0.15, -0.1) is 0 Å². The van der Waals surface area contributed by atoms with Crippen molar-refractivity contribution in [3.63, 3.8) is 0 Å². The number of nitrogens with zero attached hydrogens (tertiary/aromatic N) is 7. The Labute approximate surface area is 185 Å². The number of piperazine rings is 1. The van der Waals surface area contributed by atoms with Crippen LogP contribution in [0.5, 0.6) is 0 Å². The Morgan fingerprint density at radius 2 is 1.78 bits per heavy atom. The van der Waals surface area contributed by atoms with Crippen LogP contribution in [0.4, 0.5) is 11.6 Å². The Balaban J connectivity index is 1.36. The van der Waals surface area contributed by atoms with Gasteiger partial charge in [-0.05, 0) is 31.3 Å². The van der Waals surface area contributed by atoms with Gasteiger partial charge in [0.25, 0.3) is 5.91 Å². The number of likely N-dealkylation sites (N-methyl/N-ethyl adjacent to an activating group) is 1. The van der Waals surface area contributed by atoms with Crippen molar-refractivity contribution in [1.82, 2.24) is 29.6 Å². The van der Waals surface area contributed by atoms with Gasteiger partial charge in [0.2, 0.25) is 0 Å². The monoisotopic (exact) mass is 428 g/mol. The van der Waals surface area contributed by atoms with E-state index in [0.717, 1.165) is 54.0 Å². The first kappa shape index (κ1) is 20.1. The Kier molecular flexibility index (Phi) is 5.24. The van der Waals surface area contributed by atoms with Crippen LogP contribution in [0.1, 0.15) is 10.4 Å². The molecular weight excluding hydrogens is 404 g/mol. The second-order valence-electron chi connectivity index (χ2n) is 8.04. The van der Waals surface area contributed by atoms with E-state index in [9.17, 15) is 4.79 Å². The van der Waals surface area contributed by atoms with Gasteiger partial charge in [-0.1, -0.05) is 0 Å². The number of fused-ring (bicyclic) bond motifs is 1. The lowest BCUT2D eigenvalue weighted by Crippen LogP contribution is -2.44. The minimum Gasteiger partial charge on any atom is -0.354 e. The first-order chi connectivity index (χ1) is 15.5. The van der Waals surface area contributed by atoms with Crippen molar-refractivity contribution >= 4 is 28.4 Å². The minimum atomic E-state index is -0.217. The molecular formula is C23H24N8O. The van der Waals surface area contributed by atoms with Crippen molar-refractivity contribution in [2.24, 2.45) is 7.05 Å². The molecule has 1 aliphatic heterocycles. The summed E-state index contributed by atoms with van der Waals surface area (Å²) in [7, 11) is 3.99. The third-order valence-electron chi connectivity index (χ3n) is 5.68. The number of rotatable bonds is 4. The summed E-state index contributed by atoms with van der Waals surface area (Å²) in [6.45, 7) is 3.75. The van der Waals surface area contributed by atoms with E-state index in [1.807, 2.05) is 31.4 Å². The molecule has 1 aliphatic rings. The quantitative estimate of drug-likeness (QED) is 0.534. The van der Waals surface area contributed by atoms with E-state index < -0.39 is 0 Å². The van der Waals surface area contributed by atoms with E-state index in [1.54, 1.807) is 35.5 Å². The van der Waals surface area contributed by atoms with Crippen LogP contribution in [0.15, 0.2) is 55.2 Å². The van der Waals surface area contributed by atoms with Crippen molar-refractivity contribution in [3.8, 4) is 11.1 Å². The van der Waals surface area contributed by atoms with E-state index in [1.165, 1.54) is 0 Å². The van der Waals surface area contributed by atoms with E-state index in [0.29, 0.717) is 11.4 Å². The zero-order chi connectivity index (χ0) is 22.1. The molecule has 32 heavy (non-hydrogen) atoms. The molecule has 0 atom stereocenters. The SMILES string of the molecule is CN1CCN(c2cc(C(=O)Nc3cc4cc(-c5cnn(C)c5)cnc4cn3)ccn2)CC1. The summed E-state index contributed by atoms with van der Waals surface area (Å²) in [5.41, 5.74) is 3.26. The number of carbonyl (C=O) groups is 1. The molecule has 1 saturated heterocycles. The summed E-state index contributed by atoms with van der Waals surface area (Å²) < 4.78 is 1.75. The topological polar surface area (TPSA) is 92.1 Å². The number of nitrogens with one attached hydrogen (secondary N) is 1. The van der Waals surface area contributed by atoms with Gasteiger partial charge in [-0.25, -0.2) is 9.97 Å². The third-order valence-corrected chi connectivity index (χ3v) is 5.68. The lowest BCUT2D eigenvalue weighted by atomic mass is 10.1. The molecule has 5 heterocycles. The van der Waals surface area contributed by atoms with Gasteiger partial charge in [-0.2, -0.15) is 5.10 Å². The highest BCUT2D eigenvalue weighted by molar-refractivity contribution is 6.04. The number of aryl methyl sites for hydroxylation is 1. The molecule has 9 heteroatoms. The fourth-order valence-corrected chi connectivity index (χ4v) is 3.78. The molecule has 0 aliphatic carbocycles. The molecule has 1 N–H and O–H groups in total. The molecule has 5 rings (SSSR count). The minimum absolute atomic E-state index is 0.217. The highest BCUT2D eigenvalue weighted by Crippen LogP contribution is 2.23. The molecule has 162 valence electrons. The van der Waals surface area contributed by atoms with E-state index in [-0.39, 0.29) is 5.91 Å². The predicted molar refractivity (Wildman–Crippen MR) is 124 cm³/mol. The molecule has 0 spiro atoms. The highest BCUT2D eigenvalue weighted by atomic mass is 16.1. The van der Waals surface area contributed by atoms with Crippen molar-refractivity contribution in [3.05, 3.63) is 60.8 Å². The molecule has 0 aromatic carbocycles. The van der Waals surface area contributed by atoms with E-state index >= 15 is 0 Å². The lowest BCUT2D eigenvalue weighted by Gasteiger charge is -2.33. The summed E-state index contributed by atoms with van der Waals surface area (Å²) in [4.78, 5) is 30.7. The summed E-state index contributed by atoms with van der Waals surface area (Å²) >= 11 is 0. The number of hydrogen-bond acceptors (Lipinski definition) is 7. The average Bonchev–Trinajstić information content (AvgIpc) is 3.25. The van der Waals surface area contributed by atoms with Gasteiger partial charge in [0, 0.05) is 73.9 Å². The lowest BCUT2D eigenvalue weighted by molar-refractivity contribution is 0.102. The van der Waals surface area contributed by atoms with Crippen molar-refractivity contribution < 1.29 is 4.79 Å². The maximum Gasteiger partial charge on any atom is 0.257 e. The van der Waals surface area contributed by atoms with Crippen LogP contribution in [-0.2, 0) is 7.05 Å². The van der Waals surface area contributed by atoms with Crippen LogP contribution < -0.4 is 10.2 Å². The number of amides is 1. The first-order valence-corrected chi connectivity index (χ1v) is 10.5. The second-order valence-corrected chi connectivity index (χ2v) is 8.04. The largest absolute Gasteiger partial charge is 0.354 e. The zero-order valence-corrected chi connectivity index (χ0v) is 18.1. The molecule has 0 radical (unpaired) electrons. The average molecular weight is 429 g/mol. The molecule has 0 bridgehead atoms. The standard InChI is InChI=1S/C23H24N8O/c1-29-5-7-31(8-6-29)22-11-16(3-4-24-22)23(32)28-21-10-17-9-18(12-25-20(17)14-26-21)19-13-27-30(2)15-19/h3-4,9-15H,5-8H2,1-2H3,(H,26,28,32). The summed E-state index contributed by atoms with van der Waals surface area (Å²) in [5, 5.41) is 8.01. The number of pyridine rings is 3. The Hall–Kier alpha value is -3.85. The normalized spacial score (nSPS) is 14.6. The van der Waals surface area contributed by atoms with Gasteiger partial charge in [0.05, 0.1) is 17.9 Å². The van der Waals surface area contributed by atoms with Gasteiger partial charge in [-0.3, -0.25) is 14.5 Å². The van der Waals surface area contributed by atoms with E-state index in [2.05, 4.69) is 42.2 Å². The van der Waals surface area contributed by atoms with E-state index in [4.69, 9.17) is 0 Å². The molecule has 0 unspecified atom stereocenters. The molecule has 1 fully saturated rings. The third kappa shape index (κ3) is 4.15. The maximum atomic E-state index is 12.9. The maximum absolute atomic E-state index is 12.9. The number of carbonyl (C=O) groups excluding carboxylic acids is 1. The molecule has 4 aromatic heterocycles. The van der Waals surface area contributed by atoms with Gasteiger partial charge >= 0.3 is 0 Å². The van der Waals surface area contributed by atoms with Crippen molar-refractivity contribution in [2.45, 2.75) is 0 Å². The zero-order valence-electron chi connectivity index (χ0n) is 18.1. The van der Waals surface area contributed by atoms with Crippen LogP contribution in [0.2, 0.25) is 0 Å². The molecule has 9 nitrogen and oxygen atoms in total. The predicted octanol–water partition coefficient (Wildman–Crippen LogP) is 2.43. The van der Waals surface area contributed by atoms with Gasteiger partial charge < -0.3 is 15.1 Å². The summed E-state index contributed by atoms with van der Waals surface area (Å²) in [6.07, 6.45) is 8.89. The van der Waals surface area contributed by atoms with Crippen molar-refractivity contribution in [1.29, 1.82) is 0 Å². The number of aromatic nitrogens is 5. The Morgan fingerprint density at radius 3 is 2.56 bits per heavy atom. The second kappa shape index (κ2) is 8.35. The van der Waals surface area contributed by atoms with Crippen LogP contribution in [0, 0.1) is 0 Å². The fraction of sp³-hybridized carbons (Fsp3) is 0.261. The van der Waals surface area contributed by atoms with Gasteiger partial charge in [0.15, 0.2) is 0 Å². The fourth-order valence-electron chi connectivity index (χ4n) is 3.78. The highest BCUT2D eigenvalue weighted by Gasteiger charge is 2.17. The summed E-state index contributed by atoms with van der Waals surface area (Å²) in [6, 6.07) is 7.42. The number of anilines is 2. The van der Waals surface area contributed by atoms with Gasteiger partial charge in [0.1, 0.15) is 11.6 Å². The molecule has 1 amide bonds. The number of hydrogen-bond donors (Lipinski definition) is 1. The van der Waals surface area contributed by atoms with Crippen molar-refractivity contribution in [2.75, 3.05) is 43.4 Å². The first-order valence-electron chi connectivity index (χ1n) is 10.5. The summed E-state index contributed by atoms with van der Waals surface area (Å²) in [5.74, 6) is 1.08. The Morgan fingerprint density at radius 1 is 0.938 bits per heavy atom. The Bertz CT molecular complexity index is 1280.